The summed E-state index contributed by atoms with van der Waals surface area (Å²) in [6.07, 6.45) is 4.86. The van der Waals surface area contributed by atoms with Gasteiger partial charge in [-0.2, -0.15) is 5.10 Å². The first-order chi connectivity index (χ1) is 13.1. The molecule has 0 fully saturated rings. The Kier molecular flexibility index (Phi) is 5.99. The van der Waals surface area contributed by atoms with E-state index in [0.717, 1.165) is 22.0 Å². The molecule has 3 aromatic rings. The van der Waals surface area contributed by atoms with E-state index in [-0.39, 0.29) is 18.2 Å². The van der Waals surface area contributed by atoms with E-state index in [9.17, 15) is 9.59 Å². The molecule has 1 heterocycles. The van der Waals surface area contributed by atoms with E-state index in [0.29, 0.717) is 19.4 Å². The highest BCUT2D eigenvalue weighted by Gasteiger charge is 2.07. The number of rotatable bonds is 8. The van der Waals surface area contributed by atoms with Crippen LogP contribution in [0.25, 0.3) is 10.9 Å². The maximum atomic E-state index is 12.0. The molecule has 3 N–H and O–H groups in total. The van der Waals surface area contributed by atoms with Crippen LogP contribution in [-0.2, 0) is 22.6 Å². The first kappa shape index (κ1) is 18.4. The number of hydrogen-bond acceptors (Lipinski definition) is 3. The lowest BCUT2D eigenvalue weighted by Gasteiger charge is -2.02. The molecule has 0 aliphatic carbocycles. The van der Waals surface area contributed by atoms with E-state index in [2.05, 4.69) is 10.5 Å². The van der Waals surface area contributed by atoms with Gasteiger partial charge in [-0.1, -0.05) is 48.5 Å². The van der Waals surface area contributed by atoms with Gasteiger partial charge in [-0.25, -0.2) is 5.43 Å². The minimum Gasteiger partial charge on any atom is -0.370 e. The van der Waals surface area contributed by atoms with Gasteiger partial charge in [0.05, 0.1) is 6.21 Å². The summed E-state index contributed by atoms with van der Waals surface area (Å²) in [4.78, 5) is 23.0. The number of benzene rings is 2. The van der Waals surface area contributed by atoms with Crippen molar-refractivity contribution in [1.82, 2.24) is 9.99 Å². The third kappa shape index (κ3) is 5.04. The van der Waals surface area contributed by atoms with Crippen molar-refractivity contribution in [2.24, 2.45) is 10.8 Å². The number of primary amides is 1. The number of nitrogens with one attached hydrogen (secondary N) is 1. The Balaban J connectivity index is 1.63. The molecule has 0 atom stereocenters. The molecule has 2 amide bonds. The van der Waals surface area contributed by atoms with Gasteiger partial charge >= 0.3 is 0 Å². The molecule has 6 heteroatoms. The van der Waals surface area contributed by atoms with Crippen molar-refractivity contribution in [3.05, 3.63) is 71.9 Å². The minimum absolute atomic E-state index is 0.132. The van der Waals surface area contributed by atoms with Gasteiger partial charge < -0.3 is 10.3 Å². The van der Waals surface area contributed by atoms with Gasteiger partial charge in [0.25, 0.3) is 0 Å². The molecule has 0 unspecified atom stereocenters. The second-order valence-corrected chi connectivity index (χ2v) is 6.29. The highest BCUT2D eigenvalue weighted by atomic mass is 16.2. The summed E-state index contributed by atoms with van der Waals surface area (Å²) in [5, 5.41) is 5.09. The van der Waals surface area contributed by atoms with Crippen LogP contribution in [0.4, 0.5) is 0 Å². The highest BCUT2D eigenvalue weighted by Crippen LogP contribution is 2.20. The van der Waals surface area contributed by atoms with E-state index < -0.39 is 0 Å². The quantitative estimate of drug-likeness (QED) is 0.476. The predicted molar refractivity (Wildman–Crippen MR) is 106 cm³/mol. The van der Waals surface area contributed by atoms with E-state index in [4.69, 9.17) is 5.73 Å². The third-order valence-electron chi connectivity index (χ3n) is 4.29. The molecule has 27 heavy (non-hydrogen) atoms. The maximum Gasteiger partial charge on any atom is 0.240 e. The van der Waals surface area contributed by atoms with Crippen molar-refractivity contribution in [2.45, 2.75) is 25.8 Å². The average Bonchev–Trinajstić information content (AvgIpc) is 3.04. The van der Waals surface area contributed by atoms with Gasteiger partial charge in [0.15, 0.2) is 0 Å². The number of nitrogens with zero attached hydrogens (tertiary/aromatic N) is 2. The van der Waals surface area contributed by atoms with Crippen molar-refractivity contribution < 1.29 is 9.59 Å². The van der Waals surface area contributed by atoms with Gasteiger partial charge in [0.1, 0.15) is 0 Å². The van der Waals surface area contributed by atoms with E-state index >= 15 is 0 Å². The van der Waals surface area contributed by atoms with Crippen LogP contribution in [0.15, 0.2) is 65.9 Å². The van der Waals surface area contributed by atoms with Crippen molar-refractivity contribution in [3.8, 4) is 0 Å². The number of aryl methyl sites for hydroxylation is 2. The van der Waals surface area contributed by atoms with Crippen LogP contribution in [-0.4, -0.2) is 22.6 Å². The number of aromatic nitrogens is 1. The standard InChI is InChI=1S/C21H22N4O2/c22-20(26)12-13-25-15-17(18-8-4-5-9-19(18)25)14-23-24-21(27)11-10-16-6-2-1-3-7-16/h1-9,14-15H,10-13H2,(H2,22,26)(H,24,27)/b23-14-. The minimum atomic E-state index is -0.339. The second-order valence-electron chi connectivity index (χ2n) is 6.29. The second kappa shape index (κ2) is 8.80. The Labute approximate surface area is 157 Å². The summed E-state index contributed by atoms with van der Waals surface area (Å²) >= 11 is 0. The summed E-state index contributed by atoms with van der Waals surface area (Å²) < 4.78 is 1.97. The fourth-order valence-corrected chi connectivity index (χ4v) is 2.93. The fraction of sp³-hybridized carbons (Fsp3) is 0.190. The molecular weight excluding hydrogens is 340 g/mol. The van der Waals surface area contributed by atoms with E-state index in [1.54, 1.807) is 6.21 Å². The number of amides is 2. The van der Waals surface area contributed by atoms with Crippen LogP contribution in [0.2, 0.25) is 0 Å². The summed E-state index contributed by atoms with van der Waals surface area (Å²) in [6, 6.07) is 17.7. The molecule has 0 saturated carbocycles. The van der Waals surface area contributed by atoms with E-state index in [1.807, 2.05) is 65.4 Å². The zero-order valence-electron chi connectivity index (χ0n) is 15.0. The zero-order chi connectivity index (χ0) is 19.1. The predicted octanol–water partition coefficient (Wildman–Crippen LogP) is 2.60. The van der Waals surface area contributed by atoms with Crippen LogP contribution in [0.3, 0.4) is 0 Å². The Hall–Kier alpha value is -3.41. The van der Waals surface area contributed by atoms with Crippen molar-refractivity contribution in [3.63, 3.8) is 0 Å². The number of para-hydroxylation sites is 1. The third-order valence-corrected chi connectivity index (χ3v) is 4.29. The molecule has 3 rings (SSSR count). The Morgan fingerprint density at radius 1 is 1.04 bits per heavy atom. The van der Waals surface area contributed by atoms with Crippen LogP contribution in [0.1, 0.15) is 24.0 Å². The molecule has 6 nitrogen and oxygen atoms in total. The Bertz CT molecular complexity index is 961. The van der Waals surface area contributed by atoms with E-state index in [1.165, 1.54) is 0 Å². The first-order valence-electron chi connectivity index (χ1n) is 8.85. The number of carbonyl (C=O) groups is 2. The lowest BCUT2D eigenvalue weighted by Crippen LogP contribution is -2.17. The lowest BCUT2D eigenvalue weighted by molar-refractivity contribution is -0.121. The van der Waals surface area contributed by atoms with Gasteiger partial charge in [-0.15, -0.1) is 0 Å². The number of fused-ring (bicyclic) bond motifs is 1. The smallest absolute Gasteiger partial charge is 0.240 e. The number of hydrogen-bond donors (Lipinski definition) is 2. The summed E-state index contributed by atoms with van der Waals surface area (Å²) in [6.45, 7) is 0.507. The molecule has 0 saturated heterocycles. The lowest BCUT2D eigenvalue weighted by atomic mass is 10.1. The monoisotopic (exact) mass is 362 g/mol. The molecule has 2 aromatic carbocycles. The van der Waals surface area contributed by atoms with Crippen molar-refractivity contribution in [2.75, 3.05) is 0 Å². The highest BCUT2D eigenvalue weighted by molar-refractivity contribution is 5.99. The normalized spacial score (nSPS) is 11.1. The molecule has 0 aliphatic heterocycles. The maximum absolute atomic E-state index is 12.0. The topological polar surface area (TPSA) is 89.5 Å². The fourth-order valence-electron chi connectivity index (χ4n) is 2.93. The summed E-state index contributed by atoms with van der Waals surface area (Å²) in [7, 11) is 0. The van der Waals surface area contributed by atoms with Crippen LogP contribution in [0.5, 0.6) is 0 Å². The largest absolute Gasteiger partial charge is 0.370 e. The number of hydrazone groups is 1. The Morgan fingerprint density at radius 2 is 1.78 bits per heavy atom. The van der Waals surface area contributed by atoms with Gasteiger partial charge in [-0.3, -0.25) is 9.59 Å². The van der Waals surface area contributed by atoms with Crippen molar-refractivity contribution in [1.29, 1.82) is 0 Å². The van der Waals surface area contributed by atoms with Crippen LogP contribution in [0, 0.1) is 0 Å². The molecule has 138 valence electrons. The molecule has 0 aliphatic rings. The van der Waals surface area contributed by atoms with Crippen LogP contribution >= 0.6 is 0 Å². The molecule has 0 bridgehead atoms. The molecular formula is C21H22N4O2. The summed E-state index contributed by atoms with van der Waals surface area (Å²) in [5.41, 5.74) is 10.8. The van der Waals surface area contributed by atoms with Crippen molar-refractivity contribution >= 4 is 28.9 Å². The molecule has 0 radical (unpaired) electrons. The molecule has 1 aromatic heterocycles. The Morgan fingerprint density at radius 3 is 2.56 bits per heavy atom. The number of nitrogens with two attached hydrogens (primary N) is 1. The number of carbonyl (C=O) groups excluding carboxylic acids is 2. The average molecular weight is 362 g/mol. The van der Waals surface area contributed by atoms with Crippen LogP contribution < -0.4 is 11.2 Å². The first-order valence-corrected chi connectivity index (χ1v) is 8.85. The molecule has 0 spiro atoms. The summed E-state index contributed by atoms with van der Waals surface area (Å²) in [5.74, 6) is -0.471. The SMILES string of the molecule is NC(=O)CCn1cc(/C=N\NC(=O)CCc2ccccc2)c2ccccc21. The zero-order valence-corrected chi connectivity index (χ0v) is 15.0. The van der Waals surface area contributed by atoms with Gasteiger partial charge in [0.2, 0.25) is 11.8 Å². The van der Waals surface area contributed by atoms with Gasteiger partial charge in [-0.05, 0) is 18.1 Å². The van der Waals surface area contributed by atoms with Gasteiger partial charge in [0, 0.05) is 42.0 Å².